The summed E-state index contributed by atoms with van der Waals surface area (Å²) in [7, 11) is 1.47. The van der Waals surface area contributed by atoms with Gasteiger partial charge in [-0.15, -0.1) is 11.3 Å². The number of thiophene rings is 1. The number of fused-ring (bicyclic) bond motifs is 1. The molecule has 0 radical (unpaired) electrons. The molecule has 1 aliphatic heterocycles. The van der Waals surface area contributed by atoms with E-state index in [0.717, 1.165) is 55.4 Å². The molecule has 2 aliphatic rings. The number of hydrogen-bond acceptors (Lipinski definition) is 4. The molecular formula is C22H27FN2O2S. The summed E-state index contributed by atoms with van der Waals surface area (Å²) in [6.45, 7) is 6.03. The molecule has 6 heteroatoms. The molecule has 4 rings (SSSR count). The second-order valence-corrected chi connectivity index (χ2v) is 9.08. The van der Waals surface area contributed by atoms with Gasteiger partial charge in [-0.2, -0.15) is 0 Å². The van der Waals surface area contributed by atoms with Crippen LogP contribution in [0.15, 0.2) is 24.3 Å². The van der Waals surface area contributed by atoms with Crippen molar-refractivity contribution in [3.63, 3.8) is 0 Å². The summed E-state index contributed by atoms with van der Waals surface area (Å²) in [6, 6.07) is 7.23. The van der Waals surface area contributed by atoms with E-state index in [4.69, 9.17) is 4.74 Å². The highest BCUT2D eigenvalue weighted by atomic mass is 32.1. The fourth-order valence-electron chi connectivity index (χ4n) is 4.14. The van der Waals surface area contributed by atoms with Crippen molar-refractivity contribution >= 4 is 17.2 Å². The summed E-state index contributed by atoms with van der Waals surface area (Å²) in [5.74, 6) is 0.829. The molecule has 1 amide bonds. The summed E-state index contributed by atoms with van der Waals surface area (Å²) >= 11 is 1.69. The number of halogens is 1. The van der Waals surface area contributed by atoms with Crippen molar-refractivity contribution in [1.29, 1.82) is 0 Å². The van der Waals surface area contributed by atoms with Gasteiger partial charge in [0.1, 0.15) is 0 Å². The van der Waals surface area contributed by atoms with Crippen LogP contribution in [0, 0.1) is 11.7 Å². The normalized spacial score (nSPS) is 20.1. The highest BCUT2D eigenvalue weighted by Gasteiger charge is 2.26. The van der Waals surface area contributed by atoms with Gasteiger partial charge < -0.3 is 9.64 Å². The smallest absolute Gasteiger partial charge is 0.264 e. The first-order valence-corrected chi connectivity index (χ1v) is 10.8. The van der Waals surface area contributed by atoms with E-state index in [1.807, 2.05) is 11.0 Å². The maximum atomic E-state index is 13.9. The third-order valence-electron chi connectivity index (χ3n) is 5.82. The summed E-state index contributed by atoms with van der Waals surface area (Å²) in [6.07, 6.45) is 3.44. The van der Waals surface area contributed by atoms with Crippen LogP contribution in [0.4, 0.5) is 4.39 Å². The minimum Gasteiger partial charge on any atom is -0.494 e. The Hall–Kier alpha value is -1.92. The van der Waals surface area contributed by atoms with Crippen molar-refractivity contribution in [3.8, 4) is 5.75 Å². The lowest BCUT2D eigenvalue weighted by Gasteiger charge is -2.34. The molecular weight excluding hydrogens is 375 g/mol. The van der Waals surface area contributed by atoms with E-state index in [9.17, 15) is 9.18 Å². The zero-order valence-corrected chi connectivity index (χ0v) is 17.4. The maximum absolute atomic E-state index is 13.9. The van der Waals surface area contributed by atoms with Gasteiger partial charge in [0.05, 0.1) is 12.0 Å². The Bertz CT molecular complexity index is 858. The van der Waals surface area contributed by atoms with Gasteiger partial charge in [-0.05, 0) is 54.5 Å². The summed E-state index contributed by atoms with van der Waals surface area (Å²) in [5, 5.41) is 0. The van der Waals surface area contributed by atoms with Gasteiger partial charge in [0.2, 0.25) is 0 Å². The third-order valence-corrected chi connectivity index (χ3v) is 7.05. The van der Waals surface area contributed by atoms with E-state index in [0.29, 0.717) is 6.54 Å². The Balaban J connectivity index is 1.34. The van der Waals surface area contributed by atoms with E-state index >= 15 is 0 Å². The number of piperazine rings is 1. The Morgan fingerprint density at radius 2 is 2.04 bits per heavy atom. The molecule has 1 aliphatic carbocycles. The lowest BCUT2D eigenvalue weighted by molar-refractivity contribution is 0.0633. The van der Waals surface area contributed by atoms with Gasteiger partial charge in [0.25, 0.3) is 5.91 Å². The molecule has 1 atom stereocenters. The van der Waals surface area contributed by atoms with Crippen LogP contribution < -0.4 is 4.74 Å². The lowest BCUT2D eigenvalue weighted by Crippen LogP contribution is -2.48. The zero-order valence-electron chi connectivity index (χ0n) is 16.5. The number of hydrogen-bond donors (Lipinski definition) is 0. The number of aryl methyl sites for hydroxylation is 1. The van der Waals surface area contributed by atoms with Crippen molar-refractivity contribution in [3.05, 3.63) is 51.0 Å². The molecule has 0 unspecified atom stereocenters. The van der Waals surface area contributed by atoms with Crippen molar-refractivity contribution in [2.45, 2.75) is 32.7 Å². The molecule has 1 fully saturated rings. The summed E-state index contributed by atoms with van der Waals surface area (Å²) in [4.78, 5) is 19.5. The quantitative estimate of drug-likeness (QED) is 0.776. The highest BCUT2D eigenvalue weighted by molar-refractivity contribution is 7.14. The maximum Gasteiger partial charge on any atom is 0.264 e. The van der Waals surface area contributed by atoms with Crippen molar-refractivity contribution < 1.29 is 13.9 Å². The molecule has 28 heavy (non-hydrogen) atoms. The first-order valence-electron chi connectivity index (χ1n) is 9.99. The minimum atomic E-state index is -0.329. The molecule has 150 valence electrons. The minimum absolute atomic E-state index is 0.169. The monoisotopic (exact) mass is 402 g/mol. The average Bonchev–Trinajstić information content (AvgIpc) is 3.11. The van der Waals surface area contributed by atoms with Crippen LogP contribution >= 0.6 is 11.3 Å². The number of carbonyl (C=O) groups is 1. The SMILES string of the molecule is COc1ccc(CN2CCN(C(=O)c3cc4c(s3)CC[C@@H](C)C4)CC2)cc1F. The molecule has 1 aromatic heterocycles. The Kier molecular flexibility index (Phi) is 5.69. The number of methoxy groups -OCH3 is 1. The Labute approximate surface area is 169 Å². The van der Waals surface area contributed by atoms with Gasteiger partial charge in [0, 0.05) is 37.6 Å². The predicted molar refractivity (Wildman–Crippen MR) is 110 cm³/mol. The molecule has 1 aromatic carbocycles. The standard InChI is InChI=1S/C22H27FN2O2S/c1-15-3-6-20-17(11-15)13-21(28-20)22(26)25-9-7-24(8-10-25)14-16-4-5-19(27-2)18(23)12-16/h4-5,12-13,15H,3,6-11,14H2,1-2H3/t15-/m1/s1. The number of nitrogens with zero attached hydrogens (tertiary/aromatic N) is 2. The molecule has 4 nitrogen and oxygen atoms in total. The summed E-state index contributed by atoms with van der Waals surface area (Å²) in [5.41, 5.74) is 2.31. The number of rotatable bonds is 4. The number of benzene rings is 1. The molecule has 0 saturated carbocycles. The van der Waals surface area contributed by atoms with E-state index in [-0.39, 0.29) is 17.5 Å². The fraction of sp³-hybridized carbons (Fsp3) is 0.500. The summed E-state index contributed by atoms with van der Waals surface area (Å²) < 4.78 is 18.9. The van der Waals surface area contributed by atoms with Crippen LogP contribution in [-0.2, 0) is 19.4 Å². The van der Waals surface area contributed by atoms with E-state index in [1.54, 1.807) is 17.4 Å². The van der Waals surface area contributed by atoms with Crippen LogP contribution in [0.25, 0.3) is 0 Å². The Morgan fingerprint density at radius 3 is 2.75 bits per heavy atom. The van der Waals surface area contributed by atoms with Gasteiger partial charge in [0.15, 0.2) is 11.6 Å². The van der Waals surface area contributed by atoms with Gasteiger partial charge in [-0.3, -0.25) is 9.69 Å². The van der Waals surface area contributed by atoms with Crippen LogP contribution in [0.1, 0.15) is 39.0 Å². The second-order valence-electron chi connectivity index (χ2n) is 7.94. The fourth-order valence-corrected chi connectivity index (χ4v) is 5.32. The average molecular weight is 403 g/mol. The first-order chi connectivity index (χ1) is 13.5. The molecule has 2 aromatic rings. The van der Waals surface area contributed by atoms with Crippen LogP contribution in [0.5, 0.6) is 5.75 Å². The lowest BCUT2D eigenvalue weighted by atomic mass is 9.90. The highest BCUT2D eigenvalue weighted by Crippen LogP contribution is 2.33. The number of carbonyl (C=O) groups excluding carboxylic acids is 1. The van der Waals surface area contributed by atoms with E-state index in [1.165, 1.54) is 30.0 Å². The van der Waals surface area contributed by atoms with Gasteiger partial charge in [-0.25, -0.2) is 4.39 Å². The van der Waals surface area contributed by atoms with Crippen molar-refractivity contribution in [2.75, 3.05) is 33.3 Å². The Morgan fingerprint density at radius 1 is 1.25 bits per heavy atom. The molecule has 1 saturated heterocycles. The van der Waals surface area contributed by atoms with Gasteiger partial charge >= 0.3 is 0 Å². The molecule has 0 spiro atoms. The van der Waals surface area contributed by atoms with E-state index < -0.39 is 0 Å². The van der Waals surface area contributed by atoms with Crippen LogP contribution in [0.3, 0.4) is 0 Å². The predicted octanol–water partition coefficient (Wildman–Crippen LogP) is 3.98. The molecule has 2 heterocycles. The van der Waals surface area contributed by atoms with Crippen molar-refractivity contribution in [1.82, 2.24) is 9.80 Å². The van der Waals surface area contributed by atoms with Crippen LogP contribution in [0.2, 0.25) is 0 Å². The van der Waals surface area contributed by atoms with Crippen LogP contribution in [-0.4, -0.2) is 49.0 Å². The topological polar surface area (TPSA) is 32.8 Å². The number of amides is 1. The van der Waals surface area contributed by atoms with Gasteiger partial charge in [-0.1, -0.05) is 13.0 Å². The third kappa shape index (κ3) is 4.08. The number of ether oxygens (including phenoxy) is 1. The largest absolute Gasteiger partial charge is 0.494 e. The molecule has 0 N–H and O–H groups in total. The van der Waals surface area contributed by atoms with E-state index in [2.05, 4.69) is 17.9 Å². The second kappa shape index (κ2) is 8.21. The zero-order chi connectivity index (χ0) is 19.7. The van der Waals surface area contributed by atoms with Crippen molar-refractivity contribution in [2.24, 2.45) is 5.92 Å². The first kappa shape index (κ1) is 19.4. The molecule has 0 bridgehead atoms.